The molecule has 0 fully saturated rings. The first-order valence-electron chi connectivity index (χ1n) is 4.94. The van der Waals surface area contributed by atoms with E-state index in [-0.39, 0.29) is 5.82 Å². The summed E-state index contributed by atoms with van der Waals surface area (Å²) in [4.78, 5) is 0. The van der Waals surface area contributed by atoms with Crippen molar-refractivity contribution >= 4 is 15.9 Å². The predicted octanol–water partition coefficient (Wildman–Crippen LogP) is 4.10. The van der Waals surface area contributed by atoms with E-state index in [4.69, 9.17) is 0 Å². The molecule has 0 aliphatic rings. The summed E-state index contributed by atoms with van der Waals surface area (Å²) in [6.45, 7) is 4.19. The van der Waals surface area contributed by atoms with Crippen LogP contribution in [0.15, 0.2) is 18.2 Å². The fourth-order valence-corrected chi connectivity index (χ4v) is 1.74. The molecule has 0 radical (unpaired) electrons. The van der Waals surface area contributed by atoms with Gasteiger partial charge in [0.1, 0.15) is 5.82 Å². The third-order valence-corrected chi connectivity index (χ3v) is 3.58. The van der Waals surface area contributed by atoms with Gasteiger partial charge in [0.15, 0.2) is 0 Å². The molecular formula is C12H16BrF. The van der Waals surface area contributed by atoms with E-state index in [0.29, 0.717) is 5.92 Å². The van der Waals surface area contributed by atoms with E-state index in [1.807, 2.05) is 13.0 Å². The quantitative estimate of drug-likeness (QED) is 0.714. The van der Waals surface area contributed by atoms with E-state index < -0.39 is 0 Å². The summed E-state index contributed by atoms with van der Waals surface area (Å²) >= 11 is 3.46. The molecule has 0 saturated carbocycles. The largest absolute Gasteiger partial charge is 0.207 e. The zero-order valence-corrected chi connectivity index (χ0v) is 10.3. The number of aryl methyl sites for hydroxylation is 2. The van der Waals surface area contributed by atoms with Gasteiger partial charge in [-0.05, 0) is 48.9 Å². The fourth-order valence-electron chi connectivity index (χ4n) is 1.42. The molecule has 1 rings (SSSR count). The van der Waals surface area contributed by atoms with Crippen LogP contribution >= 0.6 is 15.9 Å². The summed E-state index contributed by atoms with van der Waals surface area (Å²) < 4.78 is 12.8. The Morgan fingerprint density at radius 1 is 1.43 bits per heavy atom. The van der Waals surface area contributed by atoms with Crippen LogP contribution in [0, 0.1) is 18.7 Å². The molecule has 0 bridgehead atoms. The van der Waals surface area contributed by atoms with E-state index in [1.54, 1.807) is 12.1 Å². The third-order valence-electron chi connectivity index (χ3n) is 2.47. The second-order valence-corrected chi connectivity index (χ2v) is 4.52. The van der Waals surface area contributed by atoms with Crippen LogP contribution in [-0.4, -0.2) is 5.33 Å². The van der Waals surface area contributed by atoms with Crippen molar-refractivity contribution in [2.45, 2.75) is 26.7 Å². The zero-order valence-electron chi connectivity index (χ0n) is 8.69. The van der Waals surface area contributed by atoms with Crippen molar-refractivity contribution in [3.8, 4) is 0 Å². The SMILES string of the molecule is Cc1cc(F)ccc1CCC(C)CBr. The van der Waals surface area contributed by atoms with Crippen LogP contribution in [0.1, 0.15) is 24.5 Å². The van der Waals surface area contributed by atoms with Gasteiger partial charge in [-0.2, -0.15) is 0 Å². The lowest BCUT2D eigenvalue weighted by Crippen LogP contribution is -1.99. The first kappa shape index (κ1) is 11.7. The summed E-state index contributed by atoms with van der Waals surface area (Å²) in [5.74, 6) is 0.541. The van der Waals surface area contributed by atoms with Gasteiger partial charge in [0.05, 0.1) is 0 Å². The fraction of sp³-hybridized carbons (Fsp3) is 0.500. The third kappa shape index (κ3) is 3.41. The number of hydrogen-bond donors (Lipinski definition) is 0. The van der Waals surface area contributed by atoms with Crippen LogP contribution in [0.5, 0.6) is 0 Å². The second kappa shape index (κ2) is 5.50. The standard InChI is InChI=1S/C12H16BrF/c1-9(8-13)3-4-11-5-6-12(14)7-10(11)2/h5-7,9H,3-4,8H2,1-2H3. The molecule has 1 atom stereocenters. The Kier molecular flexibility index (Phi) is 4.59. The molecule has 1 aromatic carbocycles. The molecule has 0 N–H and O–H groups in total. The van der Waals surface area contributed by atoms with E-state index in [2.05, 4.69) is 22.9 Å². The summed E-state index contributed by atoms with van der Waals surface area (Å²) in [5.41, 5.74) is 2.32. The molecule has 0 aliphatic carbocycles. The van der Waals surface area contributed by atoms with Crippen LogP contribution < -0.4 is 0 Å². The monoisotopic (exact) mass is 258 g/mol. The minimum absolute atomic E-state index is 0.139. The molecule has 1 unspecified atom stereocenters. The molecule has 0 aliphatic heterocycles. The van der Waals surface area contributed by atoms with E-state index in [1.165, 1.54) is 5.56 Å². The molecule has 0 saturated heterocycles. The van der Waals surface area contributed by atoms with Gasteiger partial charge in [-0.25, -0.2) is 4.39 Å². The molecule has 14 heavy (non-hydrogen) atoms. The topological polar surface area (TPSA) is 0 Å². The number of halogens is 2. The normalized spacial score (nSPS) is 12.9. The van der Waals surface area contributed by atoms with Crippen molar-refractivity contribution < 1.29 is 4.39 Å². The number of rotatable bonds is 4. The molecule has 0 heterocycles. The average Bonchev–Trinajstić information content (AvgIpc) is 2.16. The molecular weight excluding hydrogens is 243 g/mol. The molecule has 0 amide bonds. The minimum atomic E-state index is -0.139. The molecule has 0 spiro atoms. The lowest BCUT2D eigenvalue weighted by Gasteiger charge is -2.09. The van der Waals surface area contributed by atoms with E-state index in [0.717, 1.165) is 23.7 Å². The maximum atomic E-state index is 12.8. The van der Waals surface area contributed by atoms with Crippen LogP contribution in [0.3, 0.4) is 0 Å². The Balaban J connectivity index is 2.59. The number of hydrogen-bond acceptors (Lipinski definition) is 0. The summed E-state index contributed by atoms with van der Waals surface area (Å²) in [6.07, 6.45) is 2.19. The Labute approximate surface area is 93.7 Å². The van der Waals surface area contributed by atoms with Gasteiger partial charge >= 0.3 is 0 Å². The predicted molar refractivity (Wildman–Crippen MR) is 62.4 cm³/mol. The van der Waals surface area contributed by atoms with Gasteiger partial charge in [-0.15, -0.1) is 0 Å². The number of benzene rings is 1. The average molecular weight is 259 g/mol. The van der Waals surface area contributed by atoms with Crippen molar-refractivity contribution in [2.24, 2.45) is 5.92 Å². The molecule has 0 nitrogen and oxygen atoms in total. The van der Waals surface area contributed by atoms with E-state index in [9.17, 15) is 4.39 Å². The first-order chi connectivity index (χ1) is 6.63. The highest BCUT2D eigenvalue weighted by atomic mass is 79.9. The van der Waals surface area contributed by atoms with Crippen molar-refractivity contribution in [3.63, 3.8) is 0 Å². The van der Waals surface area contributed by atoms with Gasteiger partial charge in [0.25, 0.3) is 0 Å². The maximum absolute atomic E-state index is 12.8. The van der Waals surface area contributed by atoms with Gasteiger partial charge in [0.2, 0.25) is 0 Å². The van der Waals surface area contributed by atoms with Crippen molar-refractivity contribution in [3.05, 3.63) is 35.1 Å². The Morgan fingerprint density at radius 2 is 2.14 bits per heavy atom. The van der Waals surface area contributed by atoms with Crippen LogP contribution in [0.2, 0.25) is 0 Å². The van der Waals surface area contributed by atoms with Gasteiger partial charge in [-0.3, -0.25) is 0 Å². The highest BCUT2D eigenvalue weighted by Crippen LogP contribution is 2.15. The summed E-state index contributed by atoms with van der Waals surface area (Å²) in [6, 6.07) is 5.04. The van der Waals surface area contributed by atoms with E-state index >= 15 is 0 Å². The molecule has 2 heteroatoms. The minimum Gasteiger partial charge on any atom is -0.207 e. The molecule has 1 aromatic rings. The summed E-state index contributed by atoms with van der Waals surface area (Å²) in [7, 11) is 0. The Bertz CT molecular complexity index is 296. The number of alkyl halides is 1. The van der Waals surface area contributed by atoms with Crippen molar-refractivity contribution in [1.82, 2.24) is 0 Å². The first-order valence-corrected chi connectivity index (χ1v) is 6.06. The smallest absolute Gasteiger partial charge is 0.123 e. The van der Waals surface area contributed by atoms with Crippen molar-refractivity contribution in [2.75, 3.05) is 5.33 Å². The lowest BCUT2D eigenvalue weighted by atomic mass is 9.99. The summed E-state index contributed by atoms with van der Waals surface area (Å²) in [5, 5.41) is 1.03. The second-order valence-electron chi connectivity index (χ2n) is 3.87. The zero-order chi connectivity index (χ0) is 10.6. The molecule has 0 aromatic heterocycles. The van der Waals surface area contributed by atoms with Crippen molar-refractivity contribution in [1.29, 1.82) is 0 Å². The van der Waals surface area contributed by atoms with Crippen LogP contribution in [0.4, 0.5) is 4.39 Å². The highest BCUT2D eigenvalue weighted by Gasteiger charge is 2.03. The highest BCUT2D eigenvalue weighted by molar-refractivity contribution is 9.09. The molecule has 78 valence electrons. The maximum Gasteiger partial charge on any atom is 0.123 e. The lowest BCUT2D eigenvalue weighted by molar-refractivity contribution is 0.595. The van der Waals surface area contributed by atoms with Gasteiger partial charge in [-0.1, -0.05) is 28.9 Å². The van der Waals surface area contributed by atoms with Gasteiger partial charge in [0, 0.05) is 5.33 Å². The van der Waals surface area contributed by atoms with Crippen LogP contribution in [-0.2, 0) is 6.42 Å². The van der Waals surface area contributed by atoms with Crippen LogP contribution in [0.25, 0.3) is 0 Å². The Morgan fingerprint density at radius 3 is 2.71 bits per heavy atom. The Hall–Kier alpha value is -0.370. The van der Waals surface area contributed by atoms with Gasteiger partial charge < -0.3 is 0 Å².